The standard InChI is InChI=1S/C15H20ClN3/c1-10(15(2,3)4)19(5)13-11-8-6-7-9-12(11)17-14(16)18-13/h6-10H,1-5H3. The molecule has 4 heteroatoms. The second-order valence-corrected chi connectivity index (χ2v) is 6.32. The molecule has 1 atom stereocenters. The van der Waals surface area contributed by atoms with E-state index in [1.165, 1.54) is 0 Å². The summed E-state index contributed by atoms with van der Waals surface area (Å²) < 4.78 is 0. The van der Waals surface area contributed by atoms with E-state index >= 15 is 0 Å². The molecule has 0 aliphatic heterocycles. The fraction of sp³-hybridized carbons (Fsp3) is 0.467. The van der Waals surface area contributed by atoms with Gasteiger partial charge in [0.15, 0.2) is 0 Å². The van der Waals surface area contributed by atoms with Crippen molar-refractivity contribution < 1.29 is 0 Å². The lowest BCUT2D eigenvalue weighted by Crippen LogP contribution is -2.40. The third kappa shape index (κ3) is 2.81. The minimum absolute atomic E-state index is 0.160. The van der Waals surface area contributed by atoms with E-state index in [4.69, 9.17) is 11.6 Å². The van der Waals surface area contributed by atoms with Gasteiger partial charge in [-0.15, -0.1) is 0 Å². The molecule has 0 radical (unpaired) electrons. The lowest BCUT2D eigenvalue weighted by Gasteiger charge is -2.36. The number of benzene rings is 1. The molecular formula is C15H20ClN3. The van der Waals surface area contributed by atoms with Crippen LogP contribution in [0.2, 0.25) is 5.28 Å². The largest absolute Gasteiger partial charge is 0.356 e. The van der Waals surface area contributed by atoms with Crippen molar-refractivity contribution in [3.05, 3.63) is 29.5 Å². The predicted molar refractivity (Wildman–Crippen MR) is 81.9 cm³/mol. The molecule has 0 spiro atoms. The van der Waals surface area contributed by atoms with Gasteiger partial charge in [0.25, 0.3) is 0 Å². The Hall–Kier alpha value is -1.35. The van der Waals surface area contributed by atoms with Crippen LogP contribution in [0.25, 0.3) is 10.9 Å². The Morgan fingerprint density at radius 2 is 1.79 bits per heavy atom. The summed E-state index contributed by atoms with van der Waals surface area (Å²) in [6, 6.07) is 8.29. The first-order chi connectivity index (χ1) is 8.80. The topological polar surface area (TPSA) is 29.0 Å². The van der Waals surface area contributed by atoms with Gasteiger partial charge in [-0.3, -0.25) is 0 Å². The van der Waals surface area contributed by atoms with Crippen molar-refractivity contribution in [3.8, 4) is 0 Å². The quantitative estimate of drug-likeness (QED) is 0.772. The molecule has 1 unspecified atom stereocenters. The average Bonchev–Trinajstić information content (AvgIpc) is 2.34. The van der Waals surface area contributed by atoms with Crippen molar-refractivity contribution in [2.75, 3.05) is 11.9 Å². The Bertz CT molecular complexity index is 589. The van der Waals surface area contributed by atoms with E-state index < -0.39 is 0 Å². The maximum Gasteiger partial charge on any atom is 0.224 e. The highest BCUT2D eigenvalue weighted by atomic mass is 35.5. The van der Waals surface area contributed by atoms with E-state index in [1.54, 1.807) is 0 Å². The molecule has 3 nitrogen and oxygen atoms in total. The van der Waals surface area contributed by atoms with Crippen molar-refractivity contribution in [1.82, 2.24) is 9.97 Å². The third-order valence-electron chi connectivity index (χ3n) is 3.72. The number of anilines is 1. The van der Waals surface area contributed by atoms with E-state index in [0.717, 1.165) is 16.7 Å². The molecule has 0 saturated carbocycles. The molecule has 0 bridgehead atoms. The first-order valence-corrected chi connectivity index (χ1v) is 6.83. The Labute approximate surface area is 119 Å². The lowest BCUT2D eigenvalue weighted by atomic mass is 9.87. The van der Waals surface area contributed by atoms with E-state index in [2.05, 4.69) is 49.6 Å². The van der Waals surface area contributed by atoms with Crippen LogP contribution >= 0.6 is 11.6 Å². The average molecular weight is 278 g/mol. The molecule has 1 aromatic heterocycles. The highest BCUT2D eigenvalue weighted by Gasteiger charge is 2.26. The van der Waals surface area contributed by atoms with E-state index in [9.17, 15) is 0 Å². The number of hydrogen-bond donors (Lipinski definition) is 0. The summed E-state index contributed by atoms with van der Waals surface area (Å²) in [5, 5.41) is 1.33. The maximum absolute atomic E-state index is 6.04. The molecule has 0 aliphatic rings. The van der Waals surface area contributed by atoms with E-state index in [0.29, 0.717) is 11.3 Å². The fourth-order valence-corrected chi connectivity index (χ4v) is 2.24. The molecule has 0 amide bonds. The summed E-state index contributed by atoms with van der Waals surface area (Å²) in [7, 11) is 2.06. The predicted octanol–water partition coefficient (Wildman–Crippen LogP) is 4.15. The Morgan fingerprint density at radius 1 is 1.16 bits per heavy atom. The first-order valence-electron chi connectivity index (χ1n) is 6.46. The molecular weight excluding hydrogens is 258 g/mol. The van der Waals surface area contributed by atoms with Crippen LogP contribution in [0, 0.1) is 5.41 Å². The maximum atomic E-state index is 6.04. The number of nitrogens with zero attached hydrogens (tertiary/aromatic N) is 3. The molecule has 0 saturated heterocycles. The minimum Gasteiger partial charge on any atom is -0.356 e. The van der Waals surface area contributed by atoms with E-state index in [-0.39, 0.29) is 5.41 Å². The summed E-state index contributed by atoms with van der Waals surface area (Å²) in [6.07, 6.45) is 0. The zero-order valence-corrected chi connectivity index (χ0v) is 12.9. The van der Waals surface area contributed by atoms with Crippen LogP contribution in [-0.4, -0.2) is 23.1 Å². The van der Waals surface area contributed by atoms with Gasteiger partial charge >= 0.3 is 0 Å². The summed E-state index contributed by atoms with van der Waals surface area (Å²) in [4.78, 5) is 10.9. The van der Waals surface area contributed by atoms with Crippen LogP contribution in [0.3, 0.4) is 0 Å². The SMILES string of the molecule is CC(N(C)c1nc(Cl)nc2ccccc12)C(C)(C)C. The minimum atomic E-state index is 0.160. The van der Waals surface area contributed by atoms with Gasteiger partial charge in [0.2, 0.25) is 5.28 Å². The smallest absolute Gasteiger partial charge is 0.224 e. The number of halogens is 1. The van der Waals surface area contributed by atoms with Crippen LogP contribution in [0.15, 0.2) is 24.3 Å². The van der Waals surface area contributed by atoms with Crippen molar-refractivity contribution in [1.29, 1.82) is 0 Å². The van der Waals surface area contributed by atoms with E-state index in [1.807, 2.05) is 24.3 Å². The zero-order chi connectivity index (χ0) is 14.2. The van der Waals surface area contributed by atoms with Crippen molar-refractivity contribution in [2.45, 2.75) is 33.7 Å². The van der Waals surface area contributed by atoms with Gasteiger partial charge in [-0.1, -0.05) is 32.9 Å². The number of para-hydroxylation sites is 1. The molecule has 19 heavy (non-hydrogen) atoms. The van der Waals surface area contributed by atoms with Crippen LogP contribution < -0.4 is 4.90 Å². The molecule has 2 rings (SSSR count). The molecule has 102 valence electrons. The third-order valence-corrected chi connectivity index (χ3v) is 3.89. The van der Waals surface area contributed by atoms with Crippen molar-refractivity contribution >= 4 is 28.3 Å². The molecule has 1 heterocycles. The number of rotatable bonds is 2. The molecule has 0 N–H and O–H groups in total. The molecule has 0 fully saturated rings. The van der Waals surface area contributed by atoms with Gasteiger partial charge in [0, 0.05) is 18.5 Å². The summed E-state index contributed by atoms with van der Waals surface area (Å²) in [5.74, 6) is 0.887. The van der Waals surface area contributed by atoms with Gasteiger partial charge in [-0.2, -0.15) is 4.98 Å². The van der Waals surface area contributed by atoms with Gasteiger partial charge in [-0.05, 0) is 36.1 Å². The second kappa shape index (κ2) is 4.97. The fourth-order valence-electron chi connectivity index (χ4n) is 2.07. The number of hydrogen-bond acceptors (Lipinski definition) is 3. The van der Waals surface area contributed by atoms with Gasteiger partial charge in [-0.25, -0.2) is 4.98 Å². The van der Waals surface area contributed by atoms with Crippen LogP contribution in [-0.2, 0) is 0 Å². The van der Waals surface area contributed by atoms with Gasteiger partial charge < -0.3 is 4.90 Å². The second-order valence-electron chi connectivity index (χ2n) is 5.99. The van der Waals surface area contributed by atoms with Crippen LogP contribution in [0.5, 0.6) is 0 Å². The normalized spacial score (nSPS) is 13.6. The monoisotopic (exact) mass is 277 g/mol. The highest BCUT2D eigenvalue weighted by molar-refractivity contribution is 6.28. The Balaban J connectivity index is 2.56. The zero-order valence-electron chi connectivity index (χ0n) is 12.1. The van der Waals surface area contributed by atoms with Gasteiger partial charge in [0.05, 0.1) is 5.52 Å². The van der Waals surface area contributed by atoms with Crippen molar-refractivity contribution in [3.63, 3.8) is 0 Å². The lowest BCUT2D eigenvalue weighted by molar-refractivity contribution is 0.329. The number of aromatic nitrogens is 2. The van der Waals surface area contributed by atoms with Crippen LogP contribution in [0.4, 0.5) is 5.82 Å². The first kappa shape index (κ1) is 14.1. The van der Waals surface area contributed by atoms with Gasteiger partial charge in [0.1, 0.15) is 5.82 Å². The molecule has 0 aliphatic carbocycles. The highest BCUT2D eigenvalue weighted by Crippen LogP contribution is 2.30. The van der Waals surface area contributed by atoms with Crippen molar-refractivity contribution in [2.24, 2.45) is 5.41 Å². The van der Waals surface area contributed by atoms with Crippen LogP contribution in [0.1, 0.15) is 27.7 Å². The molecule has 2 aromatic rings. The Morgan fingerprint density at radius 3 is 2.42 bits per heavy atom. The summed E-state index contributed by atoms with van der Waals surface area (Å²) in [5.41, 5.74) is 1.04. The Kier molecular flexibility index (Phi) is 3.68. The molecule has 1 aromatic carbocycles. The number of fused-ring (bicyclic) bond motifs is 1. The summed E-state index contributed by atoms with van der Waals surface area (Å²) in [6.45, 7) is 8.86. The summed E-state index contributed by atoms with van der Waals surface area (Å²) >= 11 is 6.04.